The molecular weight excluding hydrogens is 595 g/mol. The lowest BCUT2D eigenvalue weighted by atomic mass is 9.93. The van der Waals surface area contributed by atoms with Crippen LogP contribution in [0.4, 0.5) is 5.13 Å². The third-order valence-corrected chi connectivity index (χ3v) is 9.54. The normalized spacial score (nSPS) is 16.0. The van der Waals surface area contributed by atoms with Gasteiger partial charge < -0.3 is 14.6 Å². The van der Waals surface area contributed by atoms with E-state index < -0.39 is 17.7 Å². The van der Waals surface area contributed by atoms with E-state index >= 15 is 0 Å². The molecule has 0 bridgehead atoms. The van der Waals surface area contributed by atoms with Crippen LogP contribution in [0, 0.1) is 13.8 Å². The minimum atomic E-state index is -0.960. The van der Waals surface area contributed by atoms with Crippen molar-refractivity contribution in [3.8, 4) is 11.5 Å². The summed E-state index contributed by atoms with van der Waals surface area (Å²) in [5.41, 5.74) is 3.87. The molecule has 1 aliphatic heterocycles. The monoisotopic (exact) mass is 629 g/mol. The summed E-state index contributed by atoms with van der Waals surface area (Å²) in [4.78, 5) is 28.8. The van der Waals surface area contributed by atoms with Gasteiger partial charge in [0.25, 0.3) is 5.78 Å². The van der Waals surface area contributed by atoms with Gasteiger partial charge in [-0.1, -0.05) is 97.0 Å². The minimum Gasteiger partial charge on any atom is -0.507 e. The number of ketones is 1. The number of ether oxygens (including phenoxy) is 2. The van der Waals surface area contributed by atoms with Crippen molar-refractivity contribution >= 4 is 45.7 Å². The first-order chi connectivity index (χ1) is 21.3. The summed E-state index contributed by atoms with van der Waals surface area (Å²) in [6.07, 6.45) is 3.05. The van der Waals surface area contributed by atoms with Crippen LogP contribution in [0.25, 0.3) is 5.76 Å². The fourth-order valence-electron chi connectivity index (χ4n) is 5.07. The quantitative estimate of drug-likeness (QED) is 0.0426. The number of amides is 1. The van der Waals surface area contributed by atoms with E-state index in [4.69, 9.17) is 9.47 Å². The minimum absolute atomic E-state index is 0.0175. The van der Waals surface area contributed by atoms with E-state index in [1.165, 1.54) is 28.0 Å². The van der Waals surface area contributed by atoms with Gasteiger partial charge in [0.05, 0.1) is 25.3 Å². The highest BCUT2D eigenvalue weighted by Gasteiger charge is 2.48. The highest BCUT2D eigenvalue weighted by molar-refractivity contribution is 8.00. The number of carbonyl (C=O) groups is 2. The number of aliphatic hydroxyl groups is 1. The molecule has 44 heavy (non-hydrogen) atoms. The number of anilines is 1. The highest BCUT2D eigenvalue weighted by atomic mass is 32.2. The van der Waals surface area contributed by atoms with Gasteiger partial charge in [0.2, 0.25) is 5.13 Å². The van der Waals surface area contributed by atoms with Crippen molar-refractivity contribution in [3.63, 3.8) is 0 Å². The predicted molar refractivity (Wildman–Crippen MR) is 175 cm³/mol. The van der Waals surface area contributed by atoms with E-state index in [1.807, 2.05) is 62.4 Å². The van der Waals surface area contributed by atoms with E-state index in [-0.39, 0.29) is 16.5 Å². The van der Waals surface area contributed by atoms with Crippen LogP contribution >= 0.6 is 23.1 Å². The first-order valence-electron chi connectivity index (χ1n) is 14.5. The van der Waals surface area contributed by atoms with Crippen molar-refractivity contribution in [1.29, 1.82) is 0 Å². The number of Topliss-reactive ketones (excluding diaryl/α,β-unsaturated/α-hetero) is 1. The zero-order chi connectivity index (χ0) is 31.2. The van der Waals surface area contributed by atoms with Crippen LogP contribution < -0.4 is 14.4 Å². The molecular formula is C34H35N3O5S2. The summed E-state index contributed by atoms with van der Waals surface area (Å²) in [5, 5.41) is 20.6. The van der Waals surface area contributed by atoms with Crippen LogP contribution in [0.3, 0.4) is 0 Å². The van der Waals surface area contributed by atoms with E-state index in [0.29, 0.717) is 39.3 Å². The summed E-state index contributed by atoms with van der Waals surface area (Å²) in [7, 11) is 1.55. The molecule has 0 radical (unpaired) electrons. The summed E-state index contributed by atoms with van der Waals surface area (Å²) < 4.78 is 12.3. The molecule has 2 heterocycles. The number of aliphatic hydroxyl groups excluding tert-OH is 1. The third-order valence-electron chi connectivity index (χ3n) is 7.41. The molecule has 0 saturated carbocycles. The number of methoxy groups -OCH3 is 1. The lowest BCUT2D eigenvalue weighted by molar-refractivity contribution is -0.132. The van der Waals surface area contributed by atoms with Gasteiger partial charge in [0, 0.05) is 11.3 Å². The zero-order valence-corrected chi connectivity index (χ0v) is 26.8. The number of aryl methyl sites for hydroxylation is 2. The Morgan fingerprint density at radius 1 is 1.00 bits per heavy atom. The first kappa shape index (κ1) is 31.3. The third kappa shape index (κ3) is 6.66. The van der Waals surface area contributed by atoms with Gasteiger partial charge in [-0.05, 0) is 55.2 Å². The number of carbonyl (C=O) groups excluding carboxylic acids is 2. The van der Waals surface area contributed by atoms with Crippen molar-refractivity contribution in [3.05, 3.63) is 100 Å². The molecule has 1 aliphatic rings. The molecule has 8 nitrogen and oxygen atoms in total. The molecule has 1 N–H and O–H groups in total. The van der Waals surface area contributed by atoms with Crippen LogP contribution in [0.2, 0.25) is 0 Å². The van der Waals surface area contributed by atoms with Crippen LogP contribution in [0.1, 0.15) is 60.0 Å². The van der Waals surface area contributed by atoms with Gasteiger partial charge >= 0.3 is 5.91 Å². The van der Waals surface area contributed by atoms with Crippen molar-refractivity contribution in [1.82, 2.24) is 10.2 Å². The number of unbranched alkanes of at least 4 members (excludes halogenated alkanes) is 2. The lowest BCUT2D eigenvalue weighted by Gasteiger charge is -2.23. The molecule has 1 amide bonds. The second-order valence-corrected chi connectivity index (χ2v) is 12.8. The molecule has 0 aliphatic carbocycles. The maximum Gasteiger partial charge on any atom is 0.301 e. The Morgan fingerprint density at radius 3 is 2.55 bits per heavy atom. The van der Waals surface area contributed by atoms with E-state index in [1.54, 1.807) is 25.3 Å². The SMILES string of the molecule is CCCCCOc1ccc(C2/C(=C(\O)c3cc(C)ccc3C)C(=O)C(=O)N2c2nnc(SCc3ccccc3)s2)cc1OC. The van der Waals surface area contributed by atoms with Gasteiger partial charge in [0.1, 0.15) is 5.76 Å². The average molecular weight is 630 g/mol. The summed E-state index contributed by atoms with van der Waals surface area (Å²) in [6, 6.07) is 20.0. The average Bonchev–Trinajstić information content (AvgIpc) is 3.61. The Morgan fingerprint density at radius 2 is 1.80 bits per heavy atom. The fraction of sp³-hybridized carbons (Fsp3) is 0.294. The van der Waals surface area contributed by atoms with Gasteiger partial charge in [-0.25, -0.2) is 0 Å². The zero-order valence-electron chi connectivity index (χ0n) is 25.2. The molecule has 4 aromatic rings. The number of thioether (sulfide) groups is 1. The van der Waals surface area contributed by atoms with Crippen molar-refractivity contribution in [2.75, 3.05) is 18.6 Å². The molecule has 1 aromatic heterocycles. The van der Waals surface area contributed by atoms with Crippen LogP contribution in [0.15, 0.2) is 76.6 Å². The summed E-state index contributed by atoms with van der Waals surface area (Å²) in [6.45, 7) is 6.44. The Bertz CT molecular complexity index is 1690. The largest absolute Gasteiger partial charge is 0.507 e. The molecule has 5 rings (SSSR count). The van der Waals surface area contributed by atoms with E-state index in [0.717, 1.165) is 36.0 Å². The Labute approximate surface area is 265 Å². The number of nitrogens with zero attached hydrogens (tertiary/aromatic N) is 3. The Hall–Kier alpha value is -4.15. The molecule has 228 valence electrons. The van der Waals surface area contributed by atoms with Gasteiger partial charge in [-0.15, -0.1) is 10.2 Å². The molecule has 1 fully saturated rings. The molecule has 1 saturated heterocycles. The number of rotatable bonds is 12. The smallest absolute Gasteiger partial charge is 0.301 e. The topological polar surface area (TPSA) is 102 Å². The van der Waals surface area contributed by atoms with Crippen LogP contribution in [-0.2, 0) is 15.3 Å². The van der Waals surface area contributed by atoms with Crippen molar-refractivity contribution < 1.29 is 24.2 Å². The van der Waals surface area contributed by atoms with Crippen molar-refractivity contribution in [2.45, 2.75) is 56.2 Å². The number of aromatic nitrogens is 2. The first-order valence-corrected chi connectivity index (χ1v) is 16.3. The van der Waals surface area contributed by atoms with Crippen LogP contribution in [0.5, 0.6) is 11.5 Å². The van der Waals surface area contributed by atoms with E-state index in [2.05, 4.69) is 17.1 Å². The summed E-state index contributed by atoms with van der Waals surface area (Å²) >= 11 is 2.73. The van der Waals surface area contributed by atoms with Crippen LogP contribution in [-0.4, -0.2) is 40.7 Å². The Balaban J connectivity index is 1.57. The van der Waals surface area contributed by atoms with Gasteiger partial charge in [-0.3, -0.25) is 14.5 Å². The molecule has 0 spiro atoms. The maximum absolute atomic E-state index is 13.7. The van der Waals surface area contributed by atoms with Crippen molar-refractivity contribution in [2.24, 2.45) is 0 Å². The number of hydrogen-bond donors (Lipinski definition) is 1. The molecule has 10 heteroatoms. The second kappa shape index (κ2) is 14.1. The molecule has 3 aromatic carbocycles. The molecule has 1 atom stereocenters. The highest BCUT2D eigenvalue weighted by Crippen LogP contribution is 2.46. The summed E-state index contributed by atoms with van der Waals surface area (Å²) in [5.74, 6) is -0.0973. The number of hydrogen-bond acceptors (Lipinski definition) is 9. The predicted octanol–water partition coefficient (Wildman–Crippen LogP) is 7.65. The fourth-order valence-corrected chi connectivity index (χ4v) is 6.89. The molecule has 1 unspecified atom stereocenters. The number of benzene rings is 3. The van der Waals surface area contributed by atoms with E-state index in [9.17, 15) is 14.7 Å². The van der Waals surface area contributed by atoms with Gasteiger partial charge in [0.15, 0.2) is 15.8 Å². The maximum atomic E-state index is 13.7. The Kier molecular flexibility index (Phi) is 10.0. The second-order valence-electron chi connectivity index (χ2n) is 10.6. The van der Waals surface area contributed by atoms with Gasteiger partial charge in [-0.2, -0.15) is 0 Å². The lowest BCUT2D eigenvalue weighted by Crippen LogP contribution is -2.29. The standard InChI is InChI=1S/C34H35N3O5S2/c1-5-6-10-17-42-26-16-15-24(19-27(26)41-4)29-28(30(38)25-18-21(2)13-14-22(25)3)31(39)32(40)37(29)33-35-36-34(44-33)43-20-23-11-8-7-9-12-23/h7-9,11-16,18-19,29,38H,5-6,10,17,20H2,1-4H3/b30-28+.